The number of hydrogen-bond donors (Lipinski definition) is 0. The molecule has 1 heterocycles. The van der Waals surface area contributed by atoms with Gasteiger partial charge in [-0.25, -0.2) is 0 Å². The molecule has 0 saturated carbocycles. The minimum atomic E-state index is 0.0208. The highest BCUT2D eigenvalue weighted by molar-refractivity contribution is 5.78. The Morgan fingerprint density at radius 3 is 2.43 bits per heavy atom. The number of benzene rings is 1. The molecule has 0 radical (unpaired) electrons. The maximum atomic E-state index is 11.9. The average molecular weight is 289 g/mol. The highest BCUT2D eigenvalue weighted by atomic mass is 16.2. The molecule has 2 rings (SSSR count). The first-order valence-electron chi connectivity index (χ1n) is 7.23. The summed E-state index contributed by atoms with van der Waals surface area (Å²) in [6.07, 6.45) is 0. The van der Waals surface area contributed by atoms with Crippen LogP contribution in [-0.2, 0) is 9.59 Å². The molecule has 1 atom stereocenters. The van der Waals surface area contributed by atoms with Crippen molar-refractivity contribution in [1.82, 2.24) is 14.7 Å². The van der Waals surface area contributed by atoms with Gasteiger partial charge in [0.1, 0.15) is 0 Å². The van der Waals surface area contributed by atoms with E-state index in [1.807, 2.05) is 35.2 Å². The molecule has 0 aromatic heterocycles. The van der Waals surface area contributed by atoms with Crippen LogP contribution in [0, 0.1) is 0 Å². The summed E-state index contributed by atoms with van der Waals surface area (Å²) in [5, 5.41) is 0. The van der Waals surface area contributed by atoms with Crippen LogP contribution in [0.5, 0.6) is 0 Å². The van der Waals surface area contributed by atoms with Crippen molar-refractivity contribution in [2.75, 3.05) is 40.3 Å². The number of rotatable bonds is 3. The van der Waals surface area contributed by atoms with E-state index in [2.05, 4.69) is 4.90 Å². The van der Waals surface area contributed by atoms with E-state index in [0.717, 1.165) is 12.1 Å². The second kappa shape index (κ2) is 6.72. The fourth-order valence-corrected chi connectivity index (χ4v) is 2.65. The molecule has 1 saturated heterocycles. The molecular weight excluding hydrogens is 266 g/mol. The van der Waals surface area contributed by atoms with Crippen molar-refractivity contribution in [3.8, 4) is 0 Å². The van der Waals surface area contributed by atoms with Crippen LogP contribution in [0.15, 0.2) is 30.3 Å². The van der Waals surface area contributed by atoms with E-state index < -0.39 is 0 Å². The van der Waals surface area contributed by atoms with Crippen LogP contribution in [-0.4, -0.2) is 66.8 Å². The van der Waals surface area contributed by atoms with E-state index in [-0.39, 0.29) is 17.9 Å². The van der Waals surface area contributed by atoms with Gasteiger partial charge in [-0.05, 0) is 5.56 Å². The third-order valence-corrected chi connectivity index (χ3v) is 3.91. The van der Waals surface area contributed by atoms with Gasteiger partial charge in [0.25, 0.3) is 0 Å². The summed E-state index contributed by atoms with van der Waals surface area (Å²) in [5.74, 6) is 0.181. The molecule has 2 amide bonds. The minimum Gasteiger partial charge on any atom is -0.348 e. The van der Waals surface area contributed by atoms with Crippen LogP contribution in [0.3, 0.4) is 0 Å². The van der Waals surface area contributed by atoms with Gasteiger partial charge in [-0.1, -0.05) is 30.3 Å². The first-order chi connectivity index (χ1) is 9.99. The van der Waals surface area contributed by atoms with Gasteiger partial charge in [0.05, 0.1) is 12.6 Å². The molecule has 5 nitrogen and oxygen atoms in total. The molecule has 1 aromatic rings. The second-order valence-corrected chi connectivity index (χ2v) is 5.66. The molecule has 1 aromatic carbocycles. The molecule has 1 aliphatic rings. The topological polar surface area (TPSA) is 43.9 Å². The summed E-state index contributed by atoms with van der Waals surface area (Å²) in [6.45, 7) is 4.11. The van der Waals surface area contributed by atoms with Gasteiger partial charge in [-0.15, -0.1) is 0 Å². The van der Waals surface area contributed by atoms with Crippen molar-refractivity contribution in [3.05, 3.63) is 35.9 Å². The molecule has 21 heavy (non-hydrogen) atoms. The molecule has 1 unspecified atom stereocenters. The van der Waals surface area contributed by atoms with Crippen molar-refractivity contribution in [2.24, 2.45) is 0 Å². The van der Waals surface area contributed by atoms with Gasteiger partial charge in [-0.3, -0.25) is 14.5 Å². The van der Waals surface area contributed by atoms with Crippen LogP contribution >= 0.6 is 0 Å². The lowest BCUT2D eigenvalue weighted by Gasteiger charge is -2.41. The first-order valence-corrected chi connectivity index (χ1v) is 7.23. The average Bonchev–Trinajstić information content (AvgIpc) is 2.47. The quantitative estimate of drug-likeness (QED) is 0.833. The van der Waals surface area contributed by atoms with Gasteiger partial charge in [0.15, 0.2) is 0 Å². The largest absolute Gasteiger partial charge is 0.348 e. The maximum absolute atomic E-state index is 11.9. The van der Waals surface area contributed by atoms with Gasteiger partial charge < -0.3 is 9.80 Å². The molecule has 1 fully saturated rings. The normalized spacial score (nSPS) is 19.4. The van der Waals surface area contributed by atoms with E-state index in [9.17, 15) is 9.59 Å². The summed E-state index contributed by atoms with van der Waals surface area (Å²) >= 11 is 0. The zero-order chi connectivity index (χ0) is 15.4. The molecule has 114 valence electrons. The van der Waals surface area contributed by atoms with Gasteiger partial charge >= 0.3 is 0 Å². The Labute approximate surface area is 126 Å². The highest BCUT2D eigenvalue weighted by Gasteiger charge is 2.30. The monoisotopic (exact) mass is 289 g/mol. The Bertz CT molecular complexity index is 502. The Kier molecular flexibility index (Phi) is 4.96. The molecular formula is C16H23N3O2. The van der Waals surface area contributed by atoms with Crippen LogP contribution in [0.1, 0.15) is 18.5 Å². The van der Waals surface area contributed by atoms with Crippen LogP contribution < -0.4 is 0 Å². The zero-order valence-corrected chi connectivity index (χ0v) is 13.0. The van der Waals surface area contributed by atoms with E-state index in [1.54, 1.807) is 25.9 Å². The Morgan fingerprint density at radius 1 is 1.19 bits per heavy atom. The van der Waals surface area contributed by atoms with Crippen molar-refractivity contribution < 1.29 is 9.59 Å². The molecule has 1 aliphatic heterocycles. The second-order valence-electron chi connectivity index (χ2n) is 5.66. The van der Waals surface area contributed by atoms with Crippen LogP contribution in [0.25, 0.3) is 0 Å². The summed E-state index contributed by atoms with van der Waals surface area (Å²) < 4.78 is 0. The Balaban J connectivity index is 2.13. The first kappa shape index (κ1) is 15.5. The SMILES string of the molecule is CC(=O)N1CCN(CC(=O)N(C)C)CC1c1ccccc1. The molecule has 0 spiro atoms. The van der Waals surface area contributed by atoms with E-state index in [4.69, 9.17) is 0 Å². The van der Waals surface area contributed by atoms with Gasteiger partial charge in [0, 0.05) is 40.7 Å². The van der Waals surface area contributed by atoms with Crippen LogP contribution in [0.4, 0.5) is 0 Å². The minimum absolute atomic E-state index is 0.0208. The third-order valence-electron chi connectivity index (χ3n) is 3.91. The van der Waals surface area contributed by atoms with Crippen molar-refractivity contribution in [1.29, 1.82) is 0 Å². The lowest BCUT2D eigenvalue weighted by molar-refractivity contribution is -0.135. The summed E-state index contributed by atoms with van der Waals surface area (Å²) in [4.78, 5) is 29.4. The molecule has 5 heteroatoms. The third kappa shape index (κ3) is 3.82. The number of nitrogens with zero attached hydrogens (tertiary/aromatic N) is 3. The Morgan fingerprint density at radius 2 is 1.86 bits per heavy atom. The molecule has 0 bridgehead atoms. The van der Waals surface area contributed by atoms with Crippen LogP contribution in [0.2, 0.25) is 0 Å². The fraction of sp³-hybridized carbons (Fsp3) is 0.500. The number of hydrogen-bond acceptors (Lipinski definition) is 3. The lowest BCUT2D eigenvalue weighted by atomic mass is 10.0. The lowest BCUT2D eigenvalue weighted by Crippen LogP contribution is -2.52. The number of amides is 2. The molecule has 0 N–H and O–H groups in total. The standard InChI is InChI=1S/C16H23N3O2/c1-13(20)19-10-9-18(12-16(21)17(2)3)11-15(19)14-7-5-4-6-8-14/h4-8,15H,9-12H2,1-3H3. The highest BCUT2D eigenvalue weighted by Crippen LogP contribution is 2.25. The number of likely N-dealkylation sites (N-methyl/N-ethyl adjacent to an activating group) is 1. The predicted octanol–water partition coefficient (Wildman–Crippen LogP) is 0.980. The van der Waals surface area contributed by atoms with Crippen molar-refractivity contribution in [2.45, 2.75) is 13.0 Å². The summed E-state index contributed by atoms with van der Waals surface area (Å²) in [7, 11) is 3.53. The molecule has 0 aliphatic carbocycles. The van der Waals surface area contributed by atoms with E-state index in [1.165, 1.54) is 0 Å². The maximum Gasteiger partial charge on any atom is 0.236 e. The van der Waals surface area contributed by atoms with Gasteiger partial charge in [0.2, 0.25) is 11.8 Å². The van der Waals surface area contributed by atoms with E-state index >= 15 is 0 Å². The predicted molar refractivity (Wildman–Crippen MR) is 81.7 cm³/mol. The number of piperazine rings is 1. The summed E-state index contributed by atoms with van der Waals surface area (Å²) in [5.41, 5.74) is 1.12. The van der Waals surface area contributed by atoms with E-state index in [0.29, 0.717) is 19.6 Å². The van der Waals surface area contributed by atoms with Gasteiger partial charge in [-0.2, -0.15) is 0 Å². The van der Waals surface area contributed by atoms with Crippen molar-refractivity contribution in [3.63, 3.8) is 0 Å². The summed E-state index contributed by atoms with van der Waals surface area (Å²) in [6, 6.07) is 10.0. The number of carbonyl (C=O) groups excluding carboxylic acids is 2. The fourth-order valence-electron chi connectivity index (χ4n) is 2.65. The number of carbonyl (C=O) groups is 2. The Hall–Kier alpha value is -1.88. The zero-order valence-electron chi connectivity index (χ0n) is 13.0. The smallest absolute Gasteiger partial charge is 0.236 e. The van der Waals surface area contributed by atoms with Crippen molar-refractivity contribution >= 4 is 11.8 Å².